The van der Waals surface area contributed by atoms with Gasteiger partial charge in [-0.2, -0.15) is 0 Å². The van der Waals surface area contributed by atoms with Crippen molar-refractivity contribution in [3.63, 3.8) is 0 Å². The number of carbonyl (C=O) groups excluding carboxylic acids is 2. The molecule has 0 radical (unpaired) electrons. The number of hydrogen-bond acceptors (Lipinski definition) is 6. The standard InChI is InChI=1S/C4H8O2.C3H6O2.C2H6O.CH4O/c1-3-6-4(2)5;1-3(4)5-2;1-2-3;1-2/h3H2,1-2H3;1-2H3;3H,2H2,1H3;2H,1H3. The van der Waals surface area contributed by atoms with Gasteiger partial charge in [-0.05, 0) is 13.8 Å². The van der Waals surface area contributed by atoms with Crippen molar-refractivity contribution >= 4 is 11.9 Å². The number of ether oxygens (including phenoxy) is 2. The number of methoxy groups -OCH3 is 1. The molecule has 0 fully saturated rings. The summed E-state index contributed by atoms with van der Waals surface area (Å²) in [5.74, 6) is -0.456. The summed E-state index contributed by atoms with van der Waals surface area (Å²) in [6.45, 7) is 6.94. The van der Waals surface area contributed by atoms with Crippen molar-refractivity contribution in [2.45, 2.75) is 27.7 Å². The van der Waals surface area contributed by atoms with Crippen molar-refractivity contribution in [3.8, 4) is 0 Å². The molecule has 0 heterocycles. The van der Waals surface area contributed by atoms with E-state index in [0.717, 1.165) is 7.11 Å². The van der Waals surface area contributed by atoms with Gasteiger partial charge in [-0.25, -0.2) is 0 Å². The lowest BCUT2D eigenvalue weighted by molar-refractivity contribution is -0.140. The Bertz CT molecular complexity index is 135. The van der Waals surface area contributed by atoms with Crippen LogP contribution in [0.4, 0.5) is 0 Å². The summed E-state index contributed by atoms with van der Waals surface area (Å²) < 4.78 is 8.51. The summed E-state index contributed by atoms with van der Waals surface area (Å²) in [4.78, 5) is 19.4. The third-order valence-corrected chi connectivity index (χ3v) is 0.635. The van der Waals surface area contributed by atoms with Crippen LogP contribution in [0, 0.1) is 0 Å². The van der Waals surface area contributed by atoms with Gasteiger partial charge in [0.05, 0.1) is 13.7 Å². The number of carbonyl (C=O) groups is 2. The van der Waals surface area contributed by atoms with E-state index in [1.165, 1.54) is 21.0 Å². The molecule has 6 nitrogen and oxygen atoms in total. The Labute approximate surface area is 97.2 Å². The maximum atomic E-state index is 9.82. The second-order valence-corrected chi connectivity index (χ2v) is 1.94. The lowest BCUT2D eigenvalue weighted by Gasteiger charge is -1.89. The highest BCUT2D eigenvalue weighted by Gasteiger charge is 1.81. The molecule has 0 atom stereocenters. The van der Waals surface area contributed by atoms with Crippen LogP contribution in [-0.2, 0) is 19.1 Å². The van der Waals surface area contributed by atoms with Crippen molar-refractivity contribution in [1.82, 2.24) is 0 Å². The van der Waals surface area contributed by atoms with Crippen LogP contribution in [0.1, 0.15) is 27.7 Å². The molecule has 0 aliphatic heterocycles. The first kappa shape index (κ1) is 24.2. The Morgan fingerprint density at radius 1 is 1.06 bits per heavy atom. The molecule has 0 saturated carbocycles. The molecule has 0 spiro atoms. The molecule has 0 aromatic carbocycles. The average Bonchev–Trinajstić information content (AvgIpc) is 2.22. The van der Waals surface area contributed by atoms with Crippen LogP contribution in [0.15, 0.2) is 0 Å². The second kappa shape index (κ2) is 29.2. The molecule has 0 bridgehead atoms. The number of hydrogen-bond donors (Lipinski definition) is 2. The highest BCUT2D eigenvalue weighted by Crippen LogP contribution is 1.69. The van der Waals surface area contributed by atoms with Gasteiger partial charge in [0.15, 0.2) is 0 Å². The maximum Gasteiger partial charge on any atom is 0.302 e. The zero-order valence-corrected chi connectivity index (χ0v) is 10.9. The van der Waals surface area contributed by atoms with Crippen LogP contribution < -0.4 is 0 Å². The van der Waals surface area contributed by atoms with Gasteiger partial charge in [-0.3, -0.25) is 9.59 Å². The van der Waals surface area contributed by atoms with Crippen molar-refractivity contribution in [2.24, 2.45) is 0 Å². The molecule has 2 N–H and O–H groups in total. The topological polar surface area (TPSA) is 93.1 Å². The zero-order valence-electron chi connectivity index (χ0n) is 10.9. The summed E-state index contributed by atoms with van der Waals surface area (Å²) in [6.07, 6.45) is 0. The van der Waals surface area contributed by atoms with Crippen LogP contribution in [0.3, 0.4) is 0 Å². The van der Waals surface area contributed by atoms with E-state index in [4.69, 9.17) is 10.2 Å². The molecule has 0 aromatic rings. The minimum Gasteiger partial charge on any atom is -0.469 e. The van der Waals surface area contributed by atoms with Gasteiger partial charge in [-0.1, -0.05) is 0 Å². The second-order valence-electron chi connectivity index (χ2n) is 1.94. The van der Waals surface area contributed by atoms with E-state index in [0.29, 0.717) is 6.61 Å². The lowest BCUT2D eigenvalue weighted by Crippen LogP contribution is -1.95. The SMILES string of the molecule is CCO.CCOC(C)=O.CO.COC(C)=O. The van der Waals surface area contributed by atoms with E-state index >= 15 is 0 Å². The fraction of sp³-hybridized carbons (Fsp3) is 0.800. The summed E-state index contributed by atoms with van der Waals surface area (Å²) >= 11 is 0. The molecule has 0 aliphatic rings. The minimum atomic E-state index is -0.245. The first-order valence-corrected chi connectivity index (χ1v) is 4.69. The van der Waals surface area contributed by atoms with Crippen molar-refractivity contribution < 1.29 is 29.3 Å². The predicted octanol–water partition coefficient (Wildman–Crippen LogP) is 0.356. The quantitative estimate of drug-likeness (QED) is 0.643. The minimum absolute atomic E-state index is 0.211. The van der Waals surface area contributed by atoms with Crippen LogP contribution >= 0.6 is 0 Å². The molecule has 0 saturated heterocycles. The van der Waals surface area contributed by atoms with Crippen LogP contribution in [0.5, 0.6) is 0 Å². The summed E-state index contributed by atoms with van der Waals surface area (Å²) in [7, 11) is 2.35. The Kier molecular flexibility index (Phi) is 44.2. The highest BCUT2D eigenvalue weighted by molar-refractivity contribution is 5.65. The Morgan fingerprint density at radius 2 is 1.31 bits per heavy atom. The highest BCUT2D eigenvalue weighted by atomic mass is 16.5. The fourth-order valence-electron chi connectivity index (χ4n) is 0.203. The molecule has 0 rings (SSSR count). The molecule has 0 aliphatic carbocycles. The molecule has 0 unspecified atom stereocenters. The Balaban J connectivity index is -0.0000000653. The monoisotopic (exact) mass is 240 g/mol. The van der Waals surface area contributed by atoms with E-state index in [-0.39, 0.29) is 18.5 Å². The first-order chi connectivity index (χ1) is 7.45. The van der Waals surface area contributed by atoms with Crippen molar-refractivity contribution in [1.29, 1.82) is 0 Å². The van der Waals surface area contributed by atoms with E-state index in [1.807, 2.05) is 0 Å². The van der Waals surface area contributed by atoms with E-state index < -0.39 is 0 Å². The van der Waals surface area contributed by atoms with Gasteiger partial charge in [0.2, 0.25) is 0 Å². The molecule has 0 amide bonds. The molecule has 0 aromatic heterocycles. The zero-order chi connectivity index (χ0) is 14.0. The molecular formula is C10H24O6. The van der Waals surface area contributed by atoms with Gasteiger partial charge in [0.25, 0.3) is 0 Å². The largest absolute Gasteiger partial charge is 0.469 e. The van der Waals surface area contributed by atoms with Crippen LogP contribution in [0.25, 0.3) is 0 Å². The number of esters is 2. The van der Waals surface area contributed by atoms with Gasteiger partial charge in [0, 0.05) is 27.6 Å². The predicted molar refractivity (Wildman–Crippen MR) is 60.9 cm³/mol. The first-order valence-electron chi connectivity index (χ1n) is 4.69. The summed E-state index contributed by atoms with van der Waals surface area (Å²) in [5, 5.41) is 14.6. The van der Waals surface area contributed by atoms with Gasteiger partial charge < -0.3 is 19.7 Å². The van der Waals surface area contributed by atoms with E-state index in [1.54, 1.807) is 13.8 Å². The summed E-state index contributed by atoms with van der Waals surface area (Å²) in [6, 6.07) is 0. The summed E-state index contributed by atoms with van der Waals surface area (Å²) in [5.41, 5.74) is 0. The van der Waals surface area contributed by atoms with Gasteiger partial charge in [0.1, 0.15) is 0 Å². The van der Waals surface area contributed by atoms with Gasteiger partial charge >= 0.3 is 11.9 Å². The smallest absolute Gasteiger partial charge is 0.302 e. The third-order valence-electron chi connectivity index (χ3n) is 0.635. The number of rotatable bonds is 1. The molecule has 16 heavy (non-hydrogen) atoms. The maximum absolute atomic E-state index is 9.82. The normalized spacial score (nSPS) is 6.50. The van der Waals surface area contributed by atoms with E-state index in [9.17, 15) is 9.59 Å². The lowest BCUT2D eigenvalue weighted by atomic mass is 10.8. The molecule has 100 valence electrons. The average molecular weight is 240 g/mol. The number of aliphatic hydroxyl groups is 2. The fourth-order valence-corrected chi connectivity index (χ4v) is 0.203. The van der Waals surface area contributed by atoms with Crippen molar-refractivity contribution in [2.75, 3.05) is 27.4 Å². The molecule has 6 heteroatoms. The Morgan fingerprint density at radius 3 is 1.31 bits per heavy atom. The van der Waals surface area contributed by atoms with Crippen molar-refractivity contribution in [3.05, 3.63) is 0 Å². The Hall–Kier alpha value is -1.14. The van der Waals surface area contributed by atoms with Crippen LogP contribution in [0.2, 0.25) is 0 Å². The van der Waals surface area contributed by atoms with Gasteiger partial charge in [-0.15, -0.1) is 0 Å². The van der Waals surface area contributed by atoms with E-state index in [2.05, 4.69) is 9.47 Å². The number of aliphatic hydroxyl groups excluding tert-OH is 2. The third kappa shape index (κ3) is 121. The van der Waals surface area contributed by atoms with Crippen LogP contribution in [-0.4, -0.2) is 49.6 Å². The molecular weight excluding hydrogens is 216 g/mol.